The number of rotatable bonds is 3. The number of benzene rings is 2. The maximum absolute atomic E-state index is 12.0. The summed E-state index contributed by atoms with van der Waals surface area (Å²) < 4.78 is 2.65. The van der Waals surface area contributed by atoms with E-state index in [2.05, 4.69) is 53.1 Å². The topological polar surface area (TPSA) is 29.6 Å². The fourth-order valence-corrected chi connectivity index (χ4v) is 7.64. The molecule has 3 heteroatoms. The molecule has 192 valence electrons. The van der Waals surface area contributed by atoms with Crippen molar-refractivity contribution in [1.29, 1.82) is 0 Å². The van der Waals surface area contributed by atoms with Crippen molar-refractivity contribution in [3.8, 4) is 0 Å². The summed E-state index contributed by atoms with van der Waals surface area (Å²) in [7, 11) is 0. The van der Waals surface area contributed by atoms with Crippen LogP contribution in [0, 0.1) is 0 Å². The Morgan fingerprint density at radius 3 is 2.25 bits per heavy atom. The third-order valence-corrected chi connectivity index (χ3v) is 9.60. The standard InChI is InChI=1S/C33H44N2O/c36-33(20-11-6-4-2-1-3-5-7-12-21-33)27-18-19-30-29(24-27)28-16-13-17-31-32(28)35(30)23-22-34(31)25-26-14-9-8-10-15-26/h8-10,14-15,18-19,24,31,36H,1-7,11-13,16-17,20-23,25H2/p+1/t31-/m0/s1. The smallest absolute Gasteiger partial charge is 0.129 e. The van der Waals surface area contributed by atoms with Crippen molar-refractivity contribution in [3.63, 3.8) is 0 Å². The number of fused-ring (bicyclic) bond motifs is 3. The number of aromatic nitrogens is 1. The second-order valence-electron chi connectivity index (χ2n) is 12.0. The summed E-state index contributed by atoms with van der Waals surface area (Å²) in [5.41, 5.74) is 6.58. The van der Waals surface area contributed by atoms with E-state index >= 15 is 0 Å². The quantitative estimate of drug-likeness (QED) is 0.429. The normalized spacial score (nSPS) is 25.0. The molecule has 0 amide bonds. The van der Waals surface area contributed by atoms with E-state index in [0.29, 0.717) is 6.04 Å². The van der Waals surface area contributed by atoms with Crippen molar-refractivity contribution >= 4 is 10.9 Å². The molecule has 2 N–H and O–H groups in total. The van der Waals surface area contributed by atoms with Gasteiger partial charge in [0.05, 0.1) is 24.4 Å². The Kier molecular flexibility index (Phi) is 7.22. The Balaban J connectivity index is 1.32. The van der Waals surface area contributed by atoms with Gasteiger partial charge in [-0.2, -0.15) is 0 Å². The summed E-state index contributed by atoms with van der Waals surface area (Å²) in [6, 6.07) is 18.7. The summed E-state index contributed by atoms with van der Waals surface area (Å²) >= 11 is 0. The average Bonchev–Trinajstić information content (AvgIpc) is 3.23. The highest BCUT2D eigenvalue weighted by molar-refractivity contribution is 5.87. The minimum absolute atomic E-state index is 0.600. The molecule has 2 atom stereocenters. The molecular weight excluding hydrogens is 440 g/mol. The van der Waals surface area contributed by atoms with Gasteiger partial charge in [-0.3, -0.25) is 0 Å². The molecule has 3 nitrogen and oxygen atoms in total. The highest BCUT2D eigenvalue weighted by Gasteiger charge is 2.38. The van der Waals surface area contributed by atoms with Crippen LogP contribution in [0.5, 0.6) is 0 Å². The number of aryl methyl sites for hydroxylation is 1. The fourth-order valence-electron chi connectivity index (χ4n) is 7.64. The second-order valence-corrected chi connectivity index (χ2v) is 12.0. The van der Waals surface area contributed by atoms with E-state index in [1.807, 2.05) is 0 Å². The van der Waals surface area contributed by atoms with Gasteiger partial charge < -0.3 is 14.6 Å². The van der Waals surface area contributed by atoms with Crippen LogP contribution in [0.2, 0.25) is 0 Å². The van der Waals surface area contributed by atoms with Crippen LogP contribution < -0.4 is 4.90 Å². The van der Waals surface area contributed by atoms with Gasteiger partial charge in [0.15, 0.2) is 0 Å². The first kappa shape index (κ1) is 24.2. The number of nitrogens with zero attached hydrogens (tertiary/aromatic N) is 1. The first-order chi connectivity index (χ1) is 17.7. The molecule has 2 aromatic carbocycles. The molecule has 36 heavy (non-hydrogen) atoms. The van der Waals surface area contributed by atoms with E-state index in [4.69, 9.17) is 0 Å². The van der Waals surface area contributed by atoms with Gasteiger partial charge in [-0.05, 0) is 48.9 Å². The summed E-state index contributed by atoms with van der Waals surface area (Å²) in [5.74, 6) is 0. The maximum atomic E-state index is 12.0. The number of aliphatic hydroxyl groups is 1. The molecule has 1 unspecified atom stereocenters. The zero-order valence-electron chi connectivity index (χ0n) is 22.1. The van der Waals surface area contributed by atoms with Gasteiger partial charge in [0.1, 0.15) is 12.6 Å². The Hall–Kier alpha value is -2.10. The Bertz CT molecular complexity index is 1150. The van der Waals surface area contributed by atoms with Crippen molar-refractivity contribution in [3.05, 3.63) is 70.9 Å². The predicted molar refractivity (Wildman–Crippen MR) is 148 cm³/mol. The van der Waals surface area contributed by atoms with Gasteiger partial charge >= 0.3 is 0 Å². The molecule has 2 heterocycles. The second kappa shape index (κ2) is 10.7. The van der Waals surface area contributed by atoms with Gasteiger partial charge in [0.2, 0.25) is 0 Å². The molecule has 0 bridgehead atoms. The number of nitrogens with one attached hydrogen (secondary N) is 1. The molecule has 1 aliphatic heterocycles. The first-order valence-corrected chi connectivity index (χ1v) is 15.0. The van der Waals surface area contributed by atoms with Gasteiger partial charge in [-0.15, -0.1) is 0 Å². The Morgan fingerprint density at radius 2 is 1.53 bits per heavy atom. The van der Waals surface area contributed by atoms with Crippen molar-refractivity contribution in [1.82, 2.24) is 4.57 Å². The molecule has 3 aromatic rings. The Labute approximate surface area is 217 Å². The summed E-state index contributed by atoms with van der Waals surface area (Å²) in [5, 5.41) is 13.5. The summed E-state index contributed by atoms with van der Waals surface area (Å²) in [6.45, 7) is 3.42. The van der Waals surface area contributed by atoms with Crippen LogP contribution in [0.25, 0.3) is 10.9 Å². The van der Waals surface area contributed by atoms with Crippen molar-refractivity contribution in [2.24, 2.45) is 0 Å². The lowest BCUT2D eigenvalue weighted by atomic mass is 9.82. The van der Waals surface area contributed by atoms with Crippen LogP contribution in [0.3, 0.4) is 0 Å². The fraction of sp³-hybridized carbons (Fsp3) is 0.576. The van der Waals surface area contributed by atoms with Crippen LogP contribution in [0.15, 0.2) is 48.5 Å². The van der Waals surface area contributed by atoms with Gasteiger partial charge in [0, 0.05) is 22.9 Å². The van der Waals surface area contributed by atoms with E-state index in [0.717, 1.165) is 38.8 Å². The average molecular weight is 486 g/mol. The zero-order chi connectivity index (χ0) is 24.4. The lowest BCUT2D eigenvalue weighted by Gasteiger charge is -2.37. The van der Waals surface area contributed by atoms with E-state index < -0.39 is 5.60 Å². The van der Waals surface area contributed by atoms with Crippen molar-refractivity contribution < 1.29 is 10.0 Å². The van der Waals surface area contributed by atoms with Crippen LogP contribution in [-0.2, 0) is 25.1 Å². The summed E-state index contributed by atoms with van der Waals surface area (Å²) in [4.78, 5) is 1.73. The first-order valence-electron chi connectivity index (χ1n) is 15.0. The van der Waals surface area contributed by atoms with E-state index in [-0.39, 0.29) is 0 Å². The molecule has 1 aromatic heterocycles. The summed E-state index contributed by atoms with van der Waals surface area (Å²) in [6.07, 6.45) is 17.2. The monoisotopic (exact) mass is 485 g/mol. The van der Waals surface area contributed by atoms with Gasteiger partial charge in [-0.25, -0.2) is 0 Å². The van der Waals surface area contributed by atoms with E-state index in [1.54, 1.807) is 16.2 Å². The van der Waals surface area contributed by atoms with E-state index in [1.165, 1.54) is 92.8 Å². The minimum atomic E-state index is -0.665. The molecule has 0 spiro atoms. The largest absolute Gasteiger partial charge is 0.385 e. The molecular formula is C33H45N2O+. The van der Waals surface area contributed by atoms with Gasteiger partial charge in [-0.1, -0.05) is 94.2 Å². The number of hydrogen-bond acceptors (Lipinski definition) is 1. The molecule has 0 saturated heterocycles. The highest BCUT2D eigenvalue weighted by Crippen LogP contribution is 2.41. The van der Waals surface area contributed by atoms with Crippen LogP contribution in [0.4, 0.5) is 0 Å². The van der Waals surface area contributed by atoms with Crippen LogP contribution in [-0.4, -0.2) is 16.2 Å². The van der Waals surface area contributed by atoms with Crippen molar-refractivity contribution in [2.45, 2.75) is 115 Å². The van der Waals surface area contributed by atoms with Crippen LogP contribution in [0.1, 0.15) is 112 Å². The molecule has 1 saturated carbocycles. The third kappa shape index (κ3) is 4.77. The Morgan fingerprint density at radius 1 is 0.833 bits per heavy atom. The van der Waals surface area contributed by atoms with Crippen LogP contribution >= 0.6 is 0 Å². The van der Waals surface area contributed by atoms with E-state index in [9.17, 15) is 5.11 Å². The maximum Gasteiger partial charge on any atom is 0.129 e. The third-order valence-electron chi connectivity index (χ3n) is 9.60. The molecule has 2 aliphatic carbocycles. The molecule has 3 aliphatic rings. The lowest BCUT2D eigenvalue weighted by Crippen LogP contribution is -3.12. The molecule has 6 rings (SSSR count). The number of hydrogen-bond donors (Lipinski definition) is 2. The molecule has 0 radical (unpaired) electrons. The number of quaternary nitrogens is 1. The predicted octanol–water partition coefficient (Wildman–Crippen LogP) is 6.61. The lowest BCUT2D eigenvalue weighted by molar-refractivity contribution is -0.950. The van der Waals surface area contributed by atoms with Crippen molar-refractivity contribution in [2.75, 3.05) is 6.54 Å². The minimum Gasteiger partial charge on any atom is -0.385 e. The zero-order valence-corrected chi connectivity index (χ0v) is 22.1. The highest BCUT2D eigenvalue weighted by atomic mass is 16.3. The van der Waals surface area contributed by atoms with Gasteiger partial charge in [0.25, 0.3) is 0 Å². The SMILES string of the molecule is OC1(c2ccc3c(c2)c2c4n3CC[NH+](Cc3ccccc3)[C@H]4CCC2)CCCCCCCCCCC1. The molecule has 1 fully saturated rings.